The Bertz CT molecular complexity index is 1170. The van der Waals surface area contributed by atoms with Crippen LogP contribution in [0.5, 0.6) is 23.0 Å². The number of aryl methyl sites for hydroxylation is 1. The zero-order valence-electron chi connectivity index (χ0n) is 15.3. The van der Waals surface area contributed by atoms with E-state index in [1.807, 2.05) is 36.4 Å². The summed E-state index contributed by atoms with van der Waals surface area (Å²) < 4.78 is 12.6. The van der Waals surface area contributed by atoms with Crippen LogP contribution in [0.2, 0.25) is 0 Å². The van der Waals surface area contributed by atoms with E-state index < -0.39 is 0 Å². The van der Waals surface area contributed by atoms with Crippen molar-refractivity contribution in [1.82, 2.24) is 0 Å². The van der Waals surface area contributed by atoms with Crippen molar-refractivity contribution in [3.8, 4) is 34.1 Å². The number of para-hydroxylation sites is 4. The maximum atomic E-state index is 6.31. The van der Waals surface area contributed by atoms with Gasteiger partial charge >= 0.3 is 0 Å². The Kier molecular flexibility index (Phi) is 3.09. The molecule has 134 valence electrons. The molecule has 0 radical (unpaired) electrons. The summed E-state index contributed by atoms with van der Waals surface area (Å²) >= 11 is 0. The van der Waals surface area contributed by atoms with Crippen LogP contribution < -0.4 is 14.4 Å². The first-order chi connectivity index (χ1) is 13.8. The van der Waals surface area contributed by atoms with Crippen LogP contribution in [0.25, 0.3) is 11.1 Å². The summed E-state index contributed by atoms with van der Waals surface area (Å²) in [4.78, 5) is 2.24. The predicted octanol–water partition coefficient (Wildman–Crippen LogP) is 7.34. The van der Waals surface area contributed by atoms with Crippen LogP contribution in [0, 0.1) is 6.92 Å². The molecule has 0 atom stereocenters. The van der Waals surface area contributed by atoms with Crippen molar-refractivity contribution in [2.24, 2.45) is 0 Å². The van der Waals surface area contributed by atoms with Crippen molar-refractivity contribution in [1.29, 1.82) is 0 Å². The van der Waals surface area contributed by atoms with Gasteiger partial charge in [0.25, 0.3) is 0 Å². The molecule has 3 heteroatoms. The van der Waals surface area contributed by atoms with Gasteiger partial charge in [0.2, 0.25) is 0 Å². The summed E-state index contributed by atoms with van der Waals surface area (Å²) in [5, 5.41) is 0. The molecule has 3 nitrogen and oxygen atoms in total. The summed E-state index contributed by atoms with van der Waals surface area (Å²) in [6, 6.07) is 28.9. The zero-order valence-corrected chi connectivity index (χ0v) is 15.3. The number of fused-ring (bicyclic) bond motifs is 4. The van der Waals surface area contributed by atoms with Crippen molar-refractivity contribution < 1.29 is 9.47 Å². The van der Waals surface area contributed by atoms with Gasteiger partial charge in [0.05, 0.1) is 11.4 Å². The second-order valence-electron chi connectivity index (χ2n) is 7.17. The van der Waals surface area contributed by atoms with Gasteiger partial charge in [-0.1, -0.05) is 54.1 Å². The smallest absolute Gasteiger partial charge is 0.156 e. The highest BCUT2D eigenvalue weighted by Gasteiger charge is 2.34. The SMILES string of the molecule is Cc1cccc(-c2cc3c4c(c2)Oc2ccccc2N4c2ccccc2O3)c1. The van der Waals surface area contributed by atoms with Crippen LogP contribution in [0.1, 0.15) is 5.56 Å². The molecular weight excluding hydrogens is 346 g/mol. The Morgan fingerprint density at radius 1 is 0.571 bits per heavy atom. The fourth-order valence-electron chi connectivity index (χ4n) is 4.01. The molecule has 0 bridgehead atoms. The Balaban J connectivity index is 1.63. The molecule has 0 saturated carbocycles. The number of anilines is 3. The largest absolute Gasteiger partial charge is 0.453 e. The maximum Gasteiger partial charge on any atom is 0.156 e. The zero-order chi connectivity index (χ0) is 18.7. The molecule has 28 heavy (non-hydrogen) atoms. The third kappa shape index (κ3) is 2.16. The molecule has 4 aromatic rings. The summed E-state index contributed by atoms with van der Waals surface area (Å²) in [5.74, 6) is 3.31. The monoisotopic (exact) mass is 363 g/mol. The van der Waals surface area contributed by atoms with E-state index >= 15 is 0 Å². The summed E-state index contributed by atoms with van der Waals surface area (Å²) in [6.07, 6.45) is 0. The van der Waals surface area contributed by atoms with E-state index in [4.69, 9.17) is 9.47 Å². The third-order valence-electron chi connectivity index (χ3n) is 5.27. The molecule has 0 amide bonds. The Hall–Kier alpha value is -3.72. The lowest BCUT2D eigenvalue weighted by Gasteiger charge is -2.38. The average Bonchev–Trinajstić information content (AvgIpc) is 2.73. The van der Waals surface area contributed by atoms with Crippen molar-refractivity contribution >= 4 is 17.1 Å². The van der Waals surface area contributed by atoms with Crippen molar-refractivity contribution in [3.05, 3.63) is 90.5 Å². The van der Waals surface area contributed by atoms with Crippen molar-refractivity contribution in [2.75, 3.05) is 4.90 Å². The minimum atomic E-state index is 0.808. The first kappa shape index (κ1) is 15.3. The minimum absolute atomic E-state index is 0.808. The molecule has 2 aliphatic rings. The highest BCUT2D eigenvalue weighted by atomic mass is 16.5. The highest BCUT2D eigenvalue weighted by Crippen LogP contribution is 2.60. The molecule has 0 N–H and O–H groups in total. The van der Waals surface area contributed by atoms with Crippen LogP contribution >= 0.6 is 0 Å². The lowest BCUT2D eigenvalue weighted by atomic mass is 10.00. The second-order valence-corrected chi connectivity index (χ2v) is 7.17. The van der Waals surface area contributed by atoms with Gasteiger partial charge in [-0.15, -0.1) is 0 Å². The first-order valence-corrected chi connectivity index (χ1v) is 9.37. The second kappa shape index (κ2) is 5.64. The van der Waals surface area contributed by atoms with Crippen molar-refractivity contribution in [2.45, 2.75) is 6.92 Å². The van der Waals surface area contributed by atoms with E-state index in [2.05, 4.69) is 60.4 Å². The molecule has 0 saturated heterocycles. The molecule has 0 fully saturated rings. The number of nitrogens with zero attached hydrogens (tertiary/aromatic N) is 1. The van der Waals surface area contributed by atoms with E-state index in [9.17, 15) is 0 Å². The van der Waals surface area contributed by atoms with Crippen LogP contribution in [-0.2, 0) is 0 Å². The predicted molar refractivity (Wildman–Crippen MR) is 111 cm³/mol. The quantitative estimate of drug-likeness (QED) is 0.305. The number of rotatable bonds is 1. The van der Waals surface area contributed by atoms with Crippen LogP contribution in [0.4, 0.5) is 17.1 Å². The van der Waals surface area contributed by atoms with Crippen molar-refractivity contribution in [3.63, 3.8) is 0 Å². The minimum Gasteiger partial charge on any atom is -0.453 e. The standard InChI is InChI=1S/C25H17NO2/c1-16-7-6-8-17(13-16)18-14-23-25-24(15-18)28-22-12-5-3-10-20(22)26(25)19-9-2-4-11-21(19)27-23/h2-15H,1H3. The van der Waals surface area contributed by atoms with Gasteiger partial charge in [-0.25, -0.2) is 0 Å². The lowest BCUT2D eigenvalue weighted by molar-refractivity contribution is 0.446. The lowest BCUT2D eigenvalue weighted by Crippen LogP contribution is -2.20. The summed E-state index contributed by atoms with van der Waals surface area (Å²) in [6.45, 7) is 2.10. The summed E-state index contributed by atoms with van der Waals surface area (Å²) in [5.41, 5.74) is 6.45. The Morgan fingerprint density at radius 2 is 1.18 bits per heavy atom. The maximum absolute atomic E-state index is 6.31. The first-order valence-electron chi connectivity index (χ1n) is 9.37. The summed E-state index contributed by atoms with van der Waals surface area (Å²) in [7, 11) is 0. The third-order valence-corrected chi connectivity index (χ3v) is 5.27. The van der Waals surface area contributed by atoms with Gasteiger partial charge in [-0.2, -0.15) is 0 Å². The Morgan fingerprint density at radius 3 is 1.79 bits per heavy atom. The molecule has 0 aromatic heterocycles. The molecule has 4 aromatic carbocycles. The highest BCUT2D eigenvalue weighted by molar-refractivity contribution is 5.95. The van der Waals surface area contributed by atoms with Crippen LogP contribution in [0.3, 0.4) is 0 Å². The van der Waals surface area contributed by atoms with E-state index in [1.54, 1.807) is 0 Å². The van der Waals surface area contributed by atoms with Gasteiger partial charge in [0, 0.05) is 0 Å². The normalized spacial score (nSPS) is 13.0. The van der Waals surface area contributed by atoms with Gasteiger partial charge in [0.1, 0.15) is 5.69 Å². The van der Waals surface area contributed by atoms with E-state index in [-0.39, 0.29) is 0 Å². The van der Waals surface area contributed by atoms with E-state index in [0.717, 1.165) is 51.2 Å². The fourth-order valence-corrected chi connectivity index (χ4v) is 4.01. The number of ether oxygens (including phenoxy) is 2. The van der Waals surface area contributed by atoms with Gasteiger partial charge < -0.3 is 9.47 Å². The number of benzene rings is 4. The van der Waals surface area contributed by atoms with E-state index in [0.29, 0.717) is 0 Å². The Labute approximate surface area is 163 Å². The van der Waals surface area contributed by atoms with Gasteiger partial charge in [-0.3, -0.25) is 4.90 Å². The molecule has 0 spiro atoms. The molecule has 6 rings (SSSR count). The van der Waals surface area contributed by atoms with Gasteiger partial charge in [0.15, 0.2) is 23.0 Å². The number of hydrogen-bond acceptors (Lipinski definition) is 3. The molecule has 2 aliphatic heterocycles. The van der Waals surface area contributed by atoms with Gasteiger partial charge in [-0.05, 0) is 54.4 Å². The number of hydrogen-bond donors (Lipinski definition) is 0. The van der Waals surface area contributed by atoms with Crippen LogP contribution in [0.15, 0.2) is 84.9 Å². The molecule has 0 unspecified atom stereocenters. The fraction of sp³-hybridized carbons (Fsp3) is 0.0400. The van der Waals surface area contributed by atoms with Crippen LogP contribution in [-0.4, -0.2) is 0 Å². The molecular formula is C25H17NO2. The average molecular weight is 363 g/mol. The molecule has 0 aliphatic carbocycles. The van der Waals surface area contributed by atoms with E-state index in [1.165, 1.54) is 5.56 Å². The molecule has 2 heterocycles. The topological polar surface area (TPSA) is 21.7 Å².